The monoisotopic (exact) mass is 442 g/mol. The van der Waals surface area contributed by atoms with Gasteiger partial charge in [0.05, 0.1) is 26.4 Å². The number of hydrogen-bond donors (Lipinski definition) is 0. The maximum Gasteiger partial charge on any atom is 0.165 e. The molecule has 0 spiro atoms. The summed E-state index contributed by atoms with van der Waals surface area (Å²) in [5, 5.41) is 0. The van der Waals surface area contributed by atoms with Crippen LogP contribution in [0, 0.1) is 0 Å². The van der Waals surface area contributed by atoms with Crippen LogP contribution < -0.4 is 18.9 Å². The third-order valence-corrected chi connectivity index (χ3v) is 5.53. The Balaban J connectivity index is 1.33. The second-order valence-electron chi connectivity index (χ2n) is 8.36. The van der Waals surface area contributed by atoms with Crippen molar-refractivity contribution >= 4 is 0 Å². The van der Waals surface area contributed by atoms with E-state index in [0.717, 1.165) is 43.3 Å². The number of rotatable bonds is 13. The minimum atomic E-state index is 0.133. The molecule has 2 aromatic carbocycles. The van der Waals surface area contributed by atoms with Crippen LogP contribution in [0.25, 0.3) is 11.1 Å². The maximum absolute atomic E-state index is 6.17. The van der Waals surface area contributed by atoms with Crippen molar-refractivity contribution in [3.8, 4) is 34.1 Å². The first-order chi connectivity index (χ1) is 15.8. The third kappa shape index (κ3) is 5.27. The molecule has 6 rings (SSSR count). The van der Waals surface area contributed by atoms with Gasteiger partial charge >= 0.3 is 0 Å². The minimum Gasteiger partial charge on any atom is -0.490 e. The summed E-state index contributed by atoms with van der Waals surface area (Å²) in [6.45, 7) is 4.87. The maximum atomic E-state index is 6.17. The Morgan fingerprint density at radius 3 is 1.50 bits per heavy atom. The highest BCUT2D eigenvalue weighted by molar-refractivity contribution is 5.78. The lowest BCUT2D eigenvalue weighted by atomic mass is 10.0. The topological polar surface area (TPSA) is 87.0 Å². The van der Waals surface area contributed by atoms with Crippen molar-refractivity contribution in [1.82, 2.24) is 0 Å². The molecular formula is C24H26O8. The summed E-state index contributed by atoms with van der Waals surface area (Å²) in [4.78, 5) is 0. The van der Waals surface area contributed by atoms with Crippen molar-refractivity contribution < 1.29 is 37.9 Å². The third-order valence-electron chi connectivity index (χ3n) is 5.53. The molecule has 4 fully saturated rings. The smallest absolute Gasteiger partial charge is 0.165 e. The predicted octanol–water partition coefficient (Wildman–Crippen LogP) is 2.46. The molecule has 0 amide bonds. The van der Waals surface area contributed by atoms with Crippen LogP contribution in [-0.4, -0.2) is 77.3 Å². The first-order valence-electron chi connectivity index (χ1n) is 11.1. The van der Waals surface area contributed by atoms with Gasteiger partial charge in [-0.25, -0.2) is 0 Å². The molecule has 0 aromatic heterocycles. The molecular weight excluding hydrogens is 416 g/mol. The van der Waals surface area contributed by atoms with Gasteiger partial charge in [0.2, 0.25) is 0 Å². The van der Waals surface area contributed by atoms with Gasteiger partial charge in [0.1, 0.15) is 62.3 Å². The van der Waals surface area contributed by atoms with E-state index in [-0.39, 0.29) is 24.4 Å². The molecule has 170 valence electrons. The zero-order valence-corrected chi connectivity index (χ0v) is 17.7. The number of hydrogen-bond acceptors (Lipinski definition) is 8. The van der Waals surface area contributed by atoms with Gasteiger partial charge in [-0.1, -0.05) is 18.2 Å². The molecule has 0 bridgehead atoms. The van der Waals surface area contributed by atoms with Crippen LogP contribution in [0.3, 0.4) is 0 Å². The van der Waals surface area contributed by atoms with Crippen LogP contribution in [-0.2, 0) is 18.9 Å². The Hall–Kier alpha value is -2.52. The van der Waals surface area contributed by atoms with Gasteiger partial charge in [-0.2, -0.15) is 0 Å². The molecule has 0 N–H and O–H groups in total. The SMILES string of the molecule is c1ccc(-c2cc(OCC3CO3)c(OCC3CO3)cc2OCC2CO2)c(OCC2CO2)c1. The number of benzene rings is 2. The molecule has 8 heteroatoms. The van der Waals surface area contributed by atoms with E-state index in [0.29, 0.717) is 43.7 Å². The first kappa shape index (κ1) is 20.1. The van der Waals surface area contributed by atoms with E-state index in [2.05, 4.69) is 0 Å². The van der Waals surface area contributed by atoms with E-state index in [1.165, 1.54) is 0 Å². The average molecular weight is 442 g/mol. The molecule has 0 radical (unpaired) electrons. The van der Waals surface area contributed by atoms with E-state index in [1.54, 1.807) is 0 Å². The largest absolute Gasteiger partial charge is 0.490 e. The highest BCUT2D eigenvalue weighted by Crippen LogP contribution is 2.44. The molecule has 2 aromatic rings. The average Bonchev–Trinajstić information content (AvgIpc) is 3.65. The normalized spacial score (nSPS) is 26.9. The Kier molecular flexibility index (Phi) is 5.52. The summed E-state index contributed by atoms with van der Waals surface area (Å²) in [5.41, 5.74) is 1.80. The predicted molar refractivity (Wildman–Crippen MR) is 113 cm³/mol. The summed E-state index contributed by atoms with van der Waals surface area (Å²) in [7, 11) is 0. The van der Waals surface area contributed by atoms with Crippen LogP contribution in [0.5, 0.6) is 23.0 Å². The summed E-state index contributed by atoms with van der Waals surface area (Å²) < 4.78 is 45.6. The van der Waals surface area contributed by atoms with Crippen LogP contribution >= 0.6 is 0 Å². The van der Waals surface area contributed by atoms with Crippen LogP contribution in [0.15, 0.2) is 36.4 Å². The summed E-state index contributed by atoms with van der Waals surface area (Å²) in [6, 6.07) is 11.8. The number of para-hydroxylation sites is 1. The van der Waals surface area contributed by atoms with Crippen molar-refractivity contribution in [1.29, 1.82) is 0 Å². The van der Waals surface area contributed by atoms with Crippen molar-refractivity contribution in [2.45, 2.75) is 24.4 Å². The molecule has 8 nitrogen and oxygen atoms in total. The van der Waals surface area contributed by atoms with Crippen LogP contribution in [0.1, 0.15) is 0 Å². The van der Waals surface area contributed by atoms with Crippen molar-refractivity contribution in [2.75, 3.05) is 52.9 Å². The molecule has 4 unspecified atom stereocenters. The van der Waals surface area contributed by atoms with Crippen molar-refractivity contribution in [3.05, 3.63) is 36.4 Å². The van der Waals surface area contributed by atoms with Gasteiger partial charge in [0.15, 0.2) is 11.5 Å². The molecule has 4 saturated heterocycles. The Morgan fingerprint density at radius 1 is 0.531 bits per heavy atom. The molecule has 32 heavy (non-hydrogen) atoms. The van der Waals surface area contributed by atoms with Crippen molar-refractivity contribution in [3.63, 3.8) is 0 Å². The van der Waals surface area contributed by atoms with E-state index in [9.17, 15) is 0 Å². The van der Waals surface area contributed by atoms with Gasteiger partial charge in [-0.3, -0.25) is 0 Å². The molecule has 4 atom stereocenters. The summed E-state index contributed by atoms with van der Waals surface area (Å²) in [5.74, 6) is 2.74. The second kappa shape index (κ2) is 8.78. The van der Waals surface area contributed by atoms with E-state index in [1.807, 2.05) is 36.4 Å². The highest BCUT2D eigenvalue weighted by Gasteiger charge is 2.29. The lowest BCUT2D eigenvalue weighted by Gasteiger charge is -2.19. The fourth-order valence-electron chi connectivity index (χ4n) is 3.30. The first-order valence-corrected chi connectivity index (χ1v) is 11.1. The number of epoxide rings is 4. The standard InChI is InChI=1S/C24H26O8/c1-2-4-21(29-11-15-7-25-15)19(3-1)20-5-23(31-13-17-9-27-17)24(32-14-18-10-28-18)6-22(20)30-12-16-8-26-16/h1-6,15-18H,7-14H2. The van der Waals surface area contributed by atoms with Crippen LogP contribution in [0.4, 0.5) is 0 Å². The van der Waals surface area contributed by atoms with Gasteiger partial charge < -0.3 is 37.9 Å². The fraction of sp³-hybridized carbons (Fsp3) is 0.500. The van der Waals surface area contributed by atoms with Gasteiger partial charge in [-0.15, -0.1) is 0 Å². The highest BCUT2D eigenvalue weighted by atomic mass is 16.6. The van der Waals surface area contributed by atoms with E-state index >= 15 is 0 Å². The Bertz CT molecular complexity index is 947. The zero-order valence-electron chi connectivity index (χ0n) is 17.7. The second-order valence-corrected chi connectivity index (χ2v) is 8.36. The molecule has 4 aliphatic heterocycles. The Morgan fingerprint density at radius 2 is 0.969 bits per heavy atom. The molecule has 4 heterocycles. The molecule has 4 aliphatic rings. The fourth-order valence-corrected chi connectivity index (χ4v) is 3.30. The minimum absolute atomic E-state index is 0.133. The van der Waals surface area contributed by atoms with Gasteiger partial charge in [-0.05, 0) is 12.1 Å². The summed E-state index contributed by atoms with van der Waals surface area (Å²) >= 11 is 0. The zero-order chi connectivity index (χ0) is 21.3. The molecule has 0 aliphatic carbocycles. The van der Waals surface area contributed by atoms with E-state index < -0.39 is 0 Å². The summed E-state index contributed by atoms with van der Waals surface area (Å²) in [6.07, 6.45) is 0.574. The lowest BCUT2D eigenvalue weighted by Crippen LogP contribution is -2.11. The van der Waals surface area contributed by atoms with Crippen LogP contribution in [0.2, 0.25) is 0 Å². The Labute approximate surface area is 186 Å². The quantitative estimate of drug-likeness (QED) is 0.437. The van der Waals surface area contributed by atoms with Gasteiger partial charge in [0, 0.05) is 17.2 Å². The molecule has 0 saturated carbocycles. The van der Waals surface area contributed by atoms with Gasteiger partial charge in [0.25, 0.3) is 0 Å². The van der Waals surface area contributed by atoms with E-state index in [4.69, 9.17) is 37.9 Å². The van der Waals surface area contributed by atoms with Crippen molar-refractivity contribution in [2.24, 2.45) is 0 Å². The number of ether oxygens (including phenoxy) is 8. The lowest BCUT2D eigenvalue weighted by molar-refractivity contribution is 0.225.